The van der Waals surface area contributed by atoms with Crippen LogP contribution in [0.2, 0.25) is 0 Å². The lowest BCUT2D eigenvalue weighted by atomic mass is 10.00. The fourth-order valence-electron chi connectivity index (χ4n) is 3.25. The van der Waals surface area contributed by atoms with Crippen molar-refractivity contribution < 1.29 is 4.79 Å². The summed E-state index contributed by atoms with van der Waals surface area (Å²) in [5, 5.41) is 0. The zero-order valence-corrected chi connectivity index (χ0v) is 5.34. The van der Waals surface area contributed by atoms with Gasteiger partial charge in [-0.2, -0.15) is 0 Å². The van der Waals surface area contributed by atoms with E-state index in [4.69, 9.17) is 0 Å². The number of ketones is 1. The van der Waals surface area contributed by atoms with Gasteiger partial charge in [0.05, 0.1) is 0 Å². The lowest BCUT2D eigenvalue weighted by Gasteiger charge is -2.04. The first kappa shape index (κ1) is 4.48. The highest BCUT2D eigenvalue weighted by Crippen LogP contribution is 2.60. The third-order valence-electron chi connectivity index (χ3n) is 3.59. The number of carbonyl (C=O) groups excluding carboxylic acids is 1. The molecule has 0 radical (unpaired) electrons. The molecule has 4 rings (SSSR count). The van der Waals surface area contributed by atoms with E-state index in [0.29, 0.717) is 17.6 Å². The number of hydrogen-bond acceptors (Lipinski definition) is 1. The van der Waals surface area contributed by atoms with Gasteiger partial charge in [-0.25, -0.2) is 0 Å². The zero-order valence-electron chi connectivity index (χ0n) is 5.34. The van der Waals surface area contributed by atoms with Crippen molar-refractivity contribution in [3.63, 3.8) is 0 Å². The molecule has 48 valence electrons. The second-order valence-electron chi connectivity index (χ2n) is 3.84. The Hall–Kier alpha value is -0.330. The van der Waals surface area contributed by atoms with Crippen molar-refractivity contribution in [2.24, 2.45) is 23.7 Å². The molecule has 0 heterocycles. The van der Waals surface area contributed by atoms with Crippen LogP contribution in [0.1, 0.15) is 19.3 Å². The largest absolute Gasteiger partial charge is 0.299 e. The highest BCUT2D eigenvalue weighted by molar-refractivity contribution is 5.89. The van der Waals surface area contributed by atoms with Crippen LogP contribution in [0.25, 0.3) is 0 Å². The van der Waals surface area contributed by atoms with Crippen molar-refractivity contribution in [3.8, 4) is 0 Å². The summed E-state index contributed by atoms with van der Waals surface area (Å²) in [7, 11) is 0. The van der Waals surface area contributed by atoms with Crippen molar-refractivity contribution >= 4 is 5.78 Å². The molecule has 9 heavy (non-hydrogen) atoms. The predicted molar refractivity (Wildman–Crippen MR) is 32.8 cm³/mol. The Balaban J connectivity index is 2.17. The van der Waals surface area contributed by atoms with Crippen molar-refractivity contribution in [2.75, 3.05) is 0 Å². The van der Waals surface area contributed by atoms with Gasteiger partial charge in [-0.15, -0.1) is 0 Å². The van der Waals surface area contributed by atoms with Crippen molar-refractivity contribution in [3.05, 3.63) is 0 Å². The summed E-state index contributed by atoms with van der Waals surface area (Å²) in [4.78, 5) is 11.2. The maximum absolute atomic E-state index is 11.2. The second kappa shape index (κ2) is 1.09. The van der Waals surface area contributed by atoms with Gasteiger partial charge in [0.15, 0.2) is 0 Å². The smallest absolute Gasteiger partial charge is 0.139 e. The van der Waals surface area contributed by atoms with Crippen LogP contribution in [-0.2, 0) is 4.79 Å². The lowest BCUT2D eigenvalue weighted by molar-refractivity contribution is -0.122. The Morgan fingerprint density at radius 3 is 1.78 bits per heavy atom. The number of hydrogen-bond donors (Lipinski definition) is 0. The minimum atomic E-state index is 0.542. The third kappa shape index (κ3) is 0.322. The molecular formula is C8H10O. The topological polar surface area (TPSA) is 17.1 Å². The first-order chi connectivity index (χ1) is 4.36. The second-order valence-corrected chi connectivity index (χ2v) is 3.84. The summed E-state index contributed by atoms with van der Waals surface area (Å²) in [6, 6.07) is 0. The minimum Gasteiger partial charge on any atom is -0.299 e. The van der Waals surface area contributed by atoms with Gasteiger partial charge in [-0.3, -0.25) is 4.79 Å². The van der Waals surface area contributed by atoms with Crippen LogP contribution in [0.4, 0.5) is 0 Å². The summed E-state index contributed by atoms with van der Waals surface area (Å²) in [5.41, 5.74) is 0. The van der Waals surface area contributed by atoms with E-state index >= 15 is 0 Å². The van der Waals surface area contributed by atoms with Crippen LogP contribution in [-0.4, -0.2) is 5.78 Å². The summed E-state index contributed by atoms with van der Waals surface area (Å²) in [6.07, 6.45) is 3.91. The first-order valence-corrected chi connectivity index (χ1v) is 3.90. The van der Waals surface area contributed by atoms with E-state index in [9.17, 15) is 4.79 Å². The molecule has 0 spiro atoms. The molecule has 4 bridgehead atoms. The van der Waals surface area contributed by atoms with Gasteiger partial charge in [0.25, 0.3) is 0 Å². The molecule has 0 aromatic carbocycles. The highest BCUT2D eigenvalue weighted by atomic mass is 16.1. The molecule has 0 saturated heterocycles. The molecule has 1 nitrogen and oxygen atoms in total. The number of carbonyl (C=O) groups is 1. The van der Waals surface area contributed by atoms with Gasteiger partial charge in [0, 0.05) is 11.8 Å². The Labute approximate surface area is 54.4 Å². The summed E-state index contributed by atoms with van der Waals surface area (Å²) >= 11 is 0. The van der Waals surface area contributed by atoms with Crippen LogP contribution in [0.15, 0.2) is 0 Å². The molecule has 4 fully saturated rings. The number of Topliss-reactive ketones (excluding diaryl/α,β-unsaturated/α-hetero) is 1. The van der Waals surface area contributed by atoms with Gasteiger partial charge in [0.1, 0.15) is 5.78 Å². The molecule has 0 amide bonds. The Morgan fingerprint density at radius 1 is 1.00 bits per heavy atom. The fourth-order valence-corrected chi connectivity index (χ4v) is 3.25. The SMILES string of the molecule is O=C1C2CC3CC2CC13. The maximum atomic E-state index is 11.2. The Morgan fingerprint density at radius 2 is 1.56 bits per heavy atom. The van der Waals surface area contributed by atoms with E-state index in [1.165, 1.54) is 19.3 Å². The third-order valence-corrected chi connectivity index (χ3v) is 3.59. The highest BCUT2D eigenvalue weighted by Gasteiger charge is 2.59. The molecule has 0 aromatic rings. The van der Waals surface area contributed by atoms with Crippen LogP contribution < -0.4 is 0 Å². The summed E-state index contributed by atoms with van der Waals surface area (Å²) in [6.45, 7) is 0. The molecule has 0 N–H and O–H groups in total. The van der Waals surface area contributed by atoms with Gasteiger partial charge in [-0.1, -0.05) is 0 Å². The maximum Gasteiger partial charge on any atom is 0.139 e. The molecule has 0 aromatic heterocycles. The van der Waals surface area contributed by atoms with Crippen LogP contribution in [0, 0.1) is 23.7 Å². The standard InChI is InChI=1S/C8H10O/c9-8-6-2-4-1-5(6)3-7(4)8/h4-7H,1-3H2. The zero-order chi connectivity index (χ0) is 6.01. The molecule has 0 aliphatic heterocycles. The monoisotopic (exact) mass is 122 g/mol. The van der Waals surface area contributed by atoms with E-state index in [1.54, 1.807) is 0 Å². The Kier molecular flexibility index (Phi) is 0.544. The quantitative estimate of drug-likeness (QED) is 0.472. The lowest BCUT2D eigenvalue weighted by Crippen LogP contribution is -2.11. The van der Waals surface area contributed by atoms with Crippen molar-refractivity contribution in [2.45, 2.75) is 19.3 Å². The van der Waals surface area contributed by atoms with Crippen LogP contribution in [0.3, 0.4) is 0 Å². The van der Waals surface area contributed by atoms with E-state index in [1.807, 2.05) is 0 Å². The fraction of sp³-hybridized carbons (Fsp3) is 0.875. The summed E-state index contributed by atoms with van der Waals surface area (Å²) in [5.74, 6) is 3.39. The summed E-state index contributed by atoms with van der Waals surface area (Å²) < 4.78 is 0. The van der Waals surface area contributed by atoms with Crippen molar-refractivity contribution in [1.82, 2.24) is 0 Å². The first-order valence-electron chi connectivity index (χ1n) is 3.90. The molecular weight excluding hydrogens is 112 g/mol. The average molecular weight is 122 g/mol. The van der Waals surface area contributed by atoms with Gasteiger partial charge >= 0.3 is 0 Å². The molecule has 4 aliphatic carbocycles. The van der Waals surface area contributed by atoms with E-state index < -0.39 is 0 Å². The number of rotatable bonds is 0. The minimum absolute atomic E-state index is 0.542. The average Bonchev–Trinajstić information content (AvgIpc) is 2.46. The molecule has 4 saturated carbocycles. The Bertz CT molecular complexity index is 167. The van der Waals surface area contributed by atoms with Crippen LogP contribution in [0.5, 0.6) is 0 Å². The van der Waals surface area contributed by atoms with E-state index in [-0.39, 0.29) is 0 Å². The van der Waals surface area contributed by atoms with Crippen molar-refractivity contribution in [1.29, 1.82) is 0 Å². The van der Waals surface area contributed by atoms with Gasteiger partial charge in [-0.05, 0) is 31.1 Å². The van der Waals surface area contributed by atoms with Crippen LogP contribution >= 0.6 is 0 Å². The normalized spacial score (nSPS) is 60.2. The molecule has 4 unspecified atom stereocenters. The van der Waals surface area contributed by atoms with Gasteiger partial charge in [0.2, 0.25) is 0 Å². The molecule has 4 aliphatic rings. The molecule has 4 atom stereocenters. The predicted octanol–water partition coefficient (Wildman–Crippen LogP) is 1.23. The molecule has 1 heteroatoms. The van der Waals surface area contributed by atoms with Gasteiger partial charge < -0.3 is 0 Å². The van der Waals surface area contributed by atoms with E-state index in [0.717, 1.165) is 11.8 Å². The van der Waals surface area contributed by atoms with E-state index in [2.05, 4.69) is 0 Å².